The maximum absolute atomic E-state index is 10.8. The Labute approximate surface area is 146 Å². The Kier molecular flexibility index (Phi) is 4.29. The van der Waals surface area contributed by atoms with E-state index in [1.54, 1.807) is 0 Å². The van der Waals surface area contributed by atoms with Crippen molar-refractivity contribution in [2.24, 2.45) is 0 Å². The van der Waals surface area contributed by atoms with Crippen LogP contribution in [0.15, 0.2) is 36.9 Å². The van der Waals surface area contributed by atoms with Gasteiger partial charge in [-0.15, -0.1) is 0 Å². The molecule has 1 aliphatic carbocycles. The maximum atomic E-state index is 10.8. The van der Waals surface area contributed by atoms with Gasteiger partial charge >= 0.3 is 11.9 Å². The molecular formula is C19H22N2O4+2. The fourth-order valence-electron chi connectivity index (χ4n) is 3.42. The number of fused-ring (bicyclic) bond motifs is 3. The van der Waals surface area contributed by atoms with Crippen LogP contribution in [0.5, 0.6) is 0 Å². The second-order valence-corrected chi connectivity index (χ2v) is 6.93. The highest BCUT2D eigenvalue weighted by Crippen LogP contribution is 2.47. The summed E-state index contributed by atoms with van der Waals surface area (Å²) in [7, 11) is 0. The lowest BCUT2D eigenvalue weighted by molar-refractivity contribution is -0.696. The van der Waals surface area contributed by atoms with Crippen molar-refractivity contribution in [3.63, 3.8) is 0 Å². The number of carboxylic acid groups (broad SMARTS) is 2. The van der Waals surface area contributed by atoms with Crippen LogP contribution in [-0.4, -0.2) is 22.2 Å². The van der Waals surface area contributed by atoms with Gasteiger partial charge in [0.15, 0.2) is 37.9 Å². The van der Waals surface area contributed by atoms with E-state index in [1.165, 1.54) is 0 Å². The number of pyridine rings is 2. The Bertz CT molecular complexity index is 789. The fraction of sp³-hybridized carbons (Fsp3) is 0.368. The highest BCUT2D eigenvalue weighted by molar-refractivity contribution is 5.78. The number of nitrogens with zero attached hydrogens (tertiary/aromatic N) is 2. The number of aliphatic carboxylic acids is 2. The fourth-order valence-corrected chi connectivity index (χ4v) is 3.42. The molecule has 0 aliphatic heterocycles. The van der Waals surface area contributed by atoms with E-state index in [0.717, 1.165) is 22.3 Å². The van der Waals surface area contributed by atoms with Crippen LogP contribution >= 0.6 is 0 Å². The highest BCUT2D eigenvalue weighted by atomic mass is 16.4. The third-order valence-corrected chi connectivity index (χ3v) is 4.84. The van der Waals surface area contributed by atoms with Gasteiger partial charge < -0.3 is 10.2 Å². The van der Waals surface area contributed by atoms with Crippen LogP contribution in [-0.2, 0) is 28.1 Å². The van der Waals surface area contributed by atoms with Crippen molar-refractivity contribution in [3.05, 3.63) is 48.0 Å². The summed E-state index contributed by atoms with van der Waals surface area (Å²) in [4.78, 5) is 21.6. The van der Waals surface area contributed by atoms with Crippen LogP contribution in [0, 0.1) is 0 Å². The second-order valence-electron chi connectivity index (χ2n) is 6.93. The summed E-state index contributed by atoms with van der Waals surface area (Å²) in [6.45, 7) is 5.16. The molecule has 6 nitrogen and oxygen atoms in total. The molecule has 3 rings (SSSR count). The van der Waals surface area contributed by atoms with Crippen LogP contribution in [0.4, 0.5) is 0 Å². The molecule has 0 fully saturated rings. The van der Waals surface area contributed by atoms with Crippen molar-refractivity contribution in [3.8, 4) is 11.1 Å². The number of aryl methyl sites for hydroxylation is 2. The van der Waals surface area contributed by atoms with E-state index in [0.29, 0.717) is 13.1 Å². The second kappa shape index (κ2) is 6.27. The Morgan fingerprint density at radius 2 is 1.28 bits per heavy atom. The van der Waals surface area contributed by atoms with Gasteiger partial charge in [-0.2, -0.15) is 0 Å². The Balaban J connectivity index is 1.95. The summed E-state index contributed by atoms with van der Waals surface area (Å²) in [5.74, 6) is -1.62. The van der Waals surface area contributed by atoms with Crippen LogP contribution < -0.4 is 9.13 Å². The lowest BCUT2D eigenvalue weighted by Crippen LogP contribution is -2.37. The molecule has 0 unspecified atom stereocenters. The first kappa shape index (κ1) is 17.1. The Morgan fingerprint density at radius 1 is 0.880 bits per heavy atom. The third-order valence-electron chi connectivity index (χ3n) is 4.84. The smallest absolute Gasteiger partial charge is 0.309 e. The Hall–Kier alpha value is -2.76. The van der Waals surface area contributed by atoms with E-state index in [4.69, 9.17) is 10.2 Å². The van der Waals surface area contributed by atoms with Crippen molar-refractivity contribution in [1.29, 1.82) is 0 Å². The summed E-state index contributed by atoms with van der Waals surface area (Å²) >= 11 is 0. The van der Waals surface area contributed by atoms with Gasteiger partial charge in [-0.05, 0) is 11.1 Å². The summed E-state index contributed by atoms with van der Waals surface area (Å²) in [5, 5.41) is 17.8. The van der Waals surface area contributed by atoms with Crippen LogP contribution in [0.3, 0.4) is 0 Å². The monoisotopic (exact) mass is 342 g/mol. The summed E-state index contributed by atoms with van der Waals surface area (Å²) in [6.07, 6.45) is 8.06. The predicted molar refractivity (Wildman–Crippen MR) is 88.9 cm³/mol. The van der Waals surface area contributed by atoms with Gasteiger partial charge in [0.1, 0.15) is 12.8 Å². The van der Waals surface area contributed by atoms with E-state index in [2.05, 4.69) is 13.8 Å². The number of carboxylic acids is 2. The van der Waals surface area contributed by atoms with Crippen molar-refractivity contribution in [2.45, 2.75) is 45.2 Å². The molecule has 6 heteroatoms. The molecule has 0 radical (unpaired) electrons. The summed E-state index contributed by atoms with van der Waals surface area (Å²) in [6, 6.07) is 4.07. The van der Waals surface area contributed by atoms with Crippen LogP contribution in [0.1, 0.15) is 37.8 Å². The molecule has 0 saturated carbocycles. The van der Waals surface area contributed by atoms with Gasteiger partial charge in [0, 0.05) is 28.7 Å². The molecule has 2 heterocycles. The molecule has 0 atom stereocenters. The first-order valence-corrected chi connectivity index (χ1v) is 8.30. The van der Waals surface area contributed by atoms with Gasteiger partial charge in [-0.25, -0.2) is 9.13 Å². The lowest BCUT2D eigenvalue weighted by atomic mass is 9.84. The molecule has 2 N–H and O–H groups in total. The summed E-state index contributed by atoms with van der Waals surface area (Å²) in [5.41, 5.74) is 4.40. The van der Waals surface area contributed by atoms with Crippen molar-refractivity contribution >= 4 is 11.9 Å². The van der Waals surface area contributed by atoms with Gasteiger partial charge in [-0.3, -0.25) is 9.59 Å². The molecule has 0 spiro atoms. The lowest BCUT2D eigenvalue weighted by Gasteiger charge is -2.18. The quantitative estimate of drug-likeness (QED) is 0.780. The average molecular weight is 342 g/mol. The minimum Gasteiger partial charge on any atom is -0.481 e. The molecule has 2 aromatic rings. The number of aromatic nitrogens is 2. The first-order valence-electron chi connectivity index (χ1n) is 8.30. The molecule has 1 aliphatic rings. The maximum Gasteiger partial charge on any atom is 0.309 e. The van der Waals surface area contributed by atoms with Gasteiger partial charge in [0.2, 0.25) is 0 Å². The zero-order valence-electron chi connectivity index (χ0n) is 14.4. The van der Waals surface area contributed by atoms with E-state index >= 15 is 0 Å². The van der Waals surface area contributed by atoms with E-state index in [9.17, 15) is 9.59 Å². The normalized spacial score (nSPS) is 14.0. The molecule has 130 valence electrons. The highest BCUT2D eigenvalue weighted by Gasteiger charge is 2.39. The average Bonchev–Trinajstić information content (AvgIpc) is 2.78. The van der Waals surface area contributed by atoms with Crippen molar-refractivity contribution in [1.82, 2.24) is 0 Å². The number of hydrogen-bond donors (Lipinski definition) is 2. The SMILES string of the molecule is CC1(C)c2c[n+](CCC(=O)O)ccc2-c2cc[n+](CCC(=O)O)cc21. The number of carbonyl (C=O) groups is 2. The van der Waals surface area contributed by atoms with Gasteiger partial charge in [0.05, 0.1) is 0 Å². The van der Waals surface area contributed by atoms with Crippen molar-refractivity contribution in [2.75, 3.05) is 0 Å². The number of rotatable bonds is 6. The molecule has 0 amide bonds. The zero-order valence-corrected chi connectivity index (χ0v) is 14.4. The van der Waals surface area contributed by atoms with E-state index < -0.39 is 11.9 Å². The molecule has 2 aromatic heterocycles. The molecule has 25 heavy (non-hydrogen) atoms. The van der Waals surface area contributed by atoms with E-state index in [-0.39, 0.29) is 18.3 Å². The standard InChI is InChI=1S/C19H20N2O4/c1-19(2)15-11-20(9-5-17(22)23)7-3-13(15)14-4-8-21(12-16(14)19)10-6-18(24)25/h3-4,7-8,11-12H,5-6,9-10H2,1-2H3/p+2. The van der Waals surface area contributed by atoms with Gasteiger partial charge in [0.25, 0.3) is 0 Å². The molecule has 0 aromatic carbocycles. The van der Waals surface area contributed by atoms with Crippen LogP contribution in [0.2, 0.25) is 0 Å². The van der Waals surface area contributed by atoms with Gasteiger partial charge in [-0.1, -0.05) is 13.8 Å². The van der Waals surface area contributed by atoms with Crippen LogP contribution in [0.25, 0.3) is 11.1 Å². The molecule has 0 bridgehead atoms. The van der Waals surface area contributed by atoms with Crippen molar-refractivity contribution < 1.29 is 28.9 Å². The zero-order chi connectivity index (χ0) is 18.2. The van der Waals surface area contributed by atoms with E-state index in [1.807, 2.05) is 46.1 Å². The predicted octanol–water partition coefficient (Wildman–Crippen LogP) is 1.52. The number of hydrogen-bond acceptors (Lipinski definition) is 2. The third kappa shape index (κ3) is 3.24. The first-order chi connectivity index (χ1) is 11.8. The Morgan fingerprint density at radius 3 is 1.64 bits per heavy atom. The molecular weight excluding hydrogens is 320 g/mol. The topological polar surface area (TPSA) is 82.4 Å². The largest absolute Gasteiger partial charge is 0.481 e. The minimum absolute atomic E-state index is 0.0893. The molecule has 0 saturated heterocycles. The minimum atomic E-state index is -0.810. The summed E-state index contributed by atoms with van der Waals surface area (Å²) < 4.78 is 3.83.